The number of hydrogen-bond donors (Lipinski definition) is 0. The van der Waals surface area contributed by atoms with Gasteiger partial charge in [-0.15, -0.1) is 0 Å². The minimum Gasteiger partial charge on any atom is -0.363 e. The maximum Gasteiger partial charge on any atom is 0.433 e. The second-order valence-corrected chi connectivity index (χ2v) is 12.7. The summed E-state index contributed by atoms with van der Waals surface area (Å²) in [6.07, 6.45) is 0.626. The molecule has 2 fully saturated rings. The molecule has 0 radical (unpaired) electrons. The fourth-order valence-electron chi connectivity index (χ4n) is 6.99. The van der Waals surface area contributed by atoms with Crippen molar-refractivity contribution in [3.05, 3.63) is 89.0 Å². The number of aromatic nitrogens is 3. The molecule has 1 aromatic carbocycles. The minimum absolute atomic E-state index is 0.0133. The van der Waals surface area contributed by atoms with E-state index in [1.165, 1.54) is 37.8 Å². The summed E-state index contributed by atoms with van der Waals surface area (Å²) in [6, 6.07) is 9.65. The zero-order valence-electron chi connectivity index (χ0n) is 25.9. The number of benzene rings is 1. The van der Waals surface area contributed by atoms with E-state index < -0.39 is 29.9 Å². The van der Waals surface area contributed by atoms with Crippen LogP contribution in [0.15, 0.2) is 55.3 Å². The monoisotopic (exact) mass is 648 g/mol. The van der Waals surface area contributed by atoms with Crippen LogP contribution in [-0.4, -0.2) is 86.0 Å². The van der Waals surface area contributed by atoms with E-state index >= 15 is 0 Å². The van der Waals surface area contributed by atoms with Crippen molar-refractivity contribution in [1.82, 2.24) is 29.5 Å². The minimum atomic E-state index is -4.63. The number of amides is 3. The molecule has 1 aliphatic carbocycles. The fourth-order valence-corrected chi connectivity index (χ4v) is 6.99. The van der Waals surface area contributed by atoms with E-state index in [0.29, 0.717) is 31.1 Å². The van der Waals surface area contributed by atoms with Crippen LogP contribution in [0, 0.1) is 0 Å². The lowest BCUT2D eigenvalue weighted by Gasteiger charge is -2.40. The third-order valence-electron chi connectivity index (χ3n) is 9.85. The van der Waals surface area contributed by atoms with Crippen molar-refractivity contribution < 1.29 is 32.3 Å². The molecule has 1 saturated carbocycles. The Labute approximate surface area is 269 Å². The molecule has 3 amide bonds. The first-order chi connectivity index (χ1) is 22.5. The lowest BCUT2D eigenvalue weighted by Crippen LogP contribution is -2.54. The van der Waals surface area contributed by atoms with Gasteiger partial charge < -0.3 is 19.4 Å². The first-order valence-corrected chi connectivity index (χ1v) is 15.9. The van der Waals surface area contributed by atoms with E-state index in [4.69, 9.17) is 9.84 Å². The maximum atomic E-state index is 13.9. The molecule has 0 N–H and O–H groups in total. The van der Waals surface area contributed by atoms with Gasteiger partial charge in [0.1, 0.15) is 11.8 Å². The van der Waals surface area contributed by atoms with E-state index in [2.05, 4.69) is 35.8 Å². The van der Waals surface area contributed by atoms with Crippen LogP contribution in [-0.2, 0) is 26.9 Å². The van der Waals surface area contributed by atoms with E-state index in [1.807, 2.05) is 4.68 Å². The van der Waals surface area contributed by atoms with Crippen LogP contribution in [0.3, 0.4) is 0 Å². The highest BCUT2D eigenvalue weighted by molar-refractivity contribution is 5.94. The summed E-state index contributed by atoms with van der Waals surface area (Å²) in [7, 11) is 0. The van der Waals surface area contributed by atoms with E-state index in [-0.39, 0.29) is 43.1 Å². The van der Waals surface area contributed by atoms with Gasteiger partial charge in [0.15, 0.2) is 0 Å². The van der Waals surface area contributed by atoms with Gasteiger partial charge >= 0.3 is 6.18 Å². The zero-order chi connectivity index (χ0) is 33.0. The predicted molar refractivity (Wildman–Crippen MR) is 164 cm³/mol. The summed E-state index contributed by atoms with van der Waals surface area (Å²) in [5, 5.41) is 5.09. The van der Waals surface area contributed by atoms with Gasteiger partial charge in [0.2, 0.25) is 11.8 Å². The standard InChI is InChI=1S/C34H35F3N6O4/c1-3-30(45)41-18-27-31-26(13-14-42(27)33(46)23-9-12-29(38-15-23)34(35,36)37)43(24-10-7-22(8-11-24)21-5-4-6-21)39-32(31)28(19-41)47-25-16-40(17-25)20(2)44/h3,7-12,15,21,25,27-28H,1,4-6,13-14,16-19H2,2H3. The third-order valence-corrected chi connectivity index (χ3v) is 9.85. The number of rotatable bonds is 6. The molecule has 0 spiro atoms. The predicted octanol–water partition coefficient (Wildman–Crippen LogP) is 4.61. The molecule has 4 aliphatic rings. The van der Waals surface area contributed by atoms with Crippen molar-refractivity contribution in [1.29, 1.82) is 0 Å². The van der Waals surface area contributed by atoms with E-state index in [1.54, 1.807) is 14.7 Å². The Balaban J connectivity index is 1.29. The Hall–Kier alpha value is -4.52. The van der Waals surface area contributed by atoms with Gasteiger partial charge in [-0.25, -0.2) is 4.68 Å². The van der Waals surface area contributed by atoms with Crippen molar-refractivity contribution in [2.45, 2.75) is 63.0 Å². The average molecular weight is 649 g/mol. The quantitative estimate of drug-likeness (QED) is 0.362. The number of carbonyl (C=O) groups excluding carboxylic acids is 3. The Morgan fingerprint density at radius 3 is 2.34 bits per heavy atom. The lowest BCUT2D eigenvalue weighted by atomic mass is 9.80. The molecule has 2 atom stereocenters. The highest BCUT2D eigenvalue weighted by Gasteiger charge is 2.45. The SMILES string of the molecule is C=CC(=O)N1CC(OC2CN(C(C)=O)C2)c2nn(-c3ccc(C4CCC4)cc3)c3c2C(C1)N(C(=O)c1ccc(C(F)(F)F)nc1)CC3. The summed E-state index contributed by atoms with van der Waals surface area (Å²) in [6.45, 7) is 6.51. The van der Waals surface area contributed by atoms with Crippen LogP contribution in [0.5, 0.6) is 0 Å². The van der Waals surface area contributed by atoms with Crippen LogP contribution < -0.4 is 0 Å². The van der Waals surface area contributed by atoms with E-state index in [0.717, 1.165) is 35.3 Å². The molecule has 3 aromatic rings. The van der Waals surface area contributed by atoms with Crippen LogP contribution >= 0.6 is 0 Å². The number of likely N-dealkylation sites (tertiary alicyclic amines) is 1. The first kappa shape index (κ1) is 31.1. The van der Waals surface area contributed by atoms with Gasteiger partial charge in [-0.05, 0) is 54.7 Å². The van der Waals surface area contributed by atoms with Gasteiger partial charge in [0, 0.05) is 51.3 Å². The van der Waals surface area contributed by atoms with Gasteiger partial charge in [0.25, 0.3) is 5.91 Å². The second-order valence-electron chi connectivity index (χ2n) is 12.7. The van der Waals surface area contributed by atoms with Crippen LogP contribution in [0.25, 0.3) is 5.69 Å². The van der Waals surface area contributed by atoms with Crippen LogP contribution in [0.1, 0.15) is 82.8 Å². The average Bonchev–Trinajstić information content (AvgIpc) is 3.31. The topological polar surface area (TPSA) is 101 Å². The Morgan fingerprint density at radius 2 is 1.74 bits per heavy atom. The lowest BCUT2D eigenvalue weighted by molar-refractivity contribution is -0.150. The smallest absolute Gasteiger partial charge is 0.363 e. The van der Waals surface area contributed by atoms with Crippen molar-refractivity contribution in [3.8, 4) is 5.69 Å². The summed E-state index contributed by atoms with van der Waals surface area (Å²) < 4.78 is 48.1. The molecule has 2 aromatic heterocycles. The van der Waals surface area contributed by atoms with Crippen molar-refractivity contribution in [2.24, 2.45) is 0 Å². The summed E-state index contributed by atoms with van der Waals surface area (Å²) >= 11 is 0. The molecule has 1 saturated heterocycles. The Bertz CT molecular complexity index is 1710. The number of pyridine rings is 1. The molecule has 2 unspecified atom stereocenters. The zero-order valence-corrected chi connectivity index (χ0v) is 25.9. The highest BCUT2D eigenvalue weighted by Crippen LogP contribution is 2.42. The van der Waals surface area contributed by atoms with Crippen molar-refractivity contribution >= 4 is 17.7 Å². The number of alkyl halides is 3. The van der Waals surface area contributed by atoms with Gasteiger partial charge in [-0.2, -0.15) is 18.3 Å². The van der Waals surface area contributed by atoms with Gasteiger partial charge in [0.05, 0.1) is 41.3 Å². The van der Waals surface area contributed by atoms with Crippen molar-refractivity contribution in [2.75, 3.05) is 32.7 Å². The number of carbonyl (C=O) groups is 3. The normalized spacial score (nSPS) is 21.4. The molecule has 3 aliphatic heterocycles. The molecule has 47 heavy (non-hydrogen) atoms. The molecule has 13 heteroatoms. The summed E-state index contributed by atoms with van der Waals surface area (Å²) in [5.74, 6) is -0.318. The van der Waals surface area contributed by atoms with Gasteiger partial charge in [-0.1, -0.05) is 25.1 Å². The first-order valence-electron chi connectivity index (χ1n) is 15.9. The highest BCUT2D eigenvalue weighted by atomic mass is 19.4. The largest absolute Gasteiger partial charge is 0.433 e. The molecule has 10 nitrogen and oxygen atoms in total. The molecular formula is C34H35F3N6O4. The fraction of sp³-hybridized carbons (Fsp3) is 0.441. The maximum absolute atomic E-state index is 13.9. The second kappa shape index (κ2) is 11.9. The molecule has 5 heterocycles. The molecule has 7 rings (SSSR count). The number of nitrogens with zero attached hydrogens (tertiary/aromatic N) is 6. The summed E-state index contributed by atoms with van der Waals surface area (Å²) in [5.41, 5.74) is 3.33. The molecule has 0 bridgehead atoms. The summed E-state index contributed by atoms with van der Waals surface area (Å²) in [4.78, 5) is 47.3. The van der Waals surface area contributed by atoms with E-state index in [9.17, 15) is 27.6 Å². The van der Waals surface area contributed by atoms with Gasteiger partial charge in [-0.3, -0.25) is 19.4 Å². The number of halogens is 3. The van der Waals surface area contributed by atoms with Crippen molar-refractivity contribution in [3.63, 3.8) is 0 Å². The number of hydrogen-bond acceptors (Lipinski definition) is 6. The van der Waals surface area contributed by atoms with Crippen LogP contribution in [0.2, 0.25) is 0 Å². The van der Waals surface area contributed by atoms with Crippen LogP contribution in [0.4, 0.5) is 13.2 Å². The molecule has 246 valence electrons. The Morgan fingerprint density at radius 1 is 1.00 bits per heavy atom. The third kappa shape index (κ3) is 5.70. The Kier molecular flexibility index (Phi) is 7.89. The number of ether oxygens (including phenoxy) is 1. The molecular weight excluding hydrogens is 613 g/mol.